The molecule has 1 heterocycles. The first-order valence-corrected chi connectivity index (χ1v) is 7.01. The lowest BCUT2D eigenvalue weighted by molar-refractivity contribution is 0.0957. The average Bonchev–Trinajstić information content (AvgIpc) is 2.76. The second kappa shape index (κ2) is 7.40. The van der Waals surface area contributed by atoms with Gasteiger partial charge in [0.1, 0.15) is 0 Å². The summed E-state index contributed by atoms with van der Waals surface area (Å²) in [5, 5.41) is 2.90. The lowest BCUT2D eigenvalue weighted by atomic mass is 10.2. The molecule has 0 atom stereocenters. The van der Waals surface area contributed by atoms with Gasteiger partial charge >= 0.3 is 0 Å². The Bertz CT molecular complexity index is 388. The van der Waals surface area contributed by atoms with E-state index >= 15 is 0 Å². The van der Waals surface area contributed by atoms with Gasteiger partial charge in [-0.3, -0.25) is 4.79 Å². The van der Waals surface area contributed by atoms with Crippen LogP contribution in [0, 0.1) is 0 Å². The average molecular weight is 270 g/mol. The van der Waals surface area contributed by atoms with Crippen LogP contribution in [0.1, 0.15) is 40.7 Å². The quantitative estimate of drug-likeness (QED) is 0.591. The number of unbranched alkanes of at least 4 members (excludes halogenated alkanes) is 1. The van der Waals surface area contributed by atoms with Crippen LogP contribution >= 0.6 is 23.6 Å². The topological polar surface area (TPSA) is 55.1 Å². The molecule has 0 aliphatic heterocycles. The summed E-state index contributed by atoms with van der Waals surface area (Å²) in [6.07, 6.45) is 3.57. The molecule has 0 unspecified atom stereocenters. The van der Waals surface area contributed by atoms with Crippen molar-refractivity contribution >= 4 is 34.5 Å². The van der Waals surface area contributed by atoms with Crippen LogP contribution in [-0.2, 0) is 6.42 Å². The van der Waals surface area contributed by atoms with Gasteiger partial charge in [-0.1, -0.05) is 19.1 Å². The van der Waals surface area contributed by atoms with Gasteiger partial charge in [0.05, 0.1) is 9.87 Å². The number of hydrogen-bond acceptors (Lipinski definition) is 3. The van der Waals surface area contributed by atoms with Gasteiger partial charge in [-0.15, -0.1) is 11.3 Å². The highest BCUT2D eigenvalue weighted by Gasteiger charge is 2.07. The number of carbonyl (C=O) groups is 1. The molecule has 0 fully saturated rings. The highest BCUT2D eigenvalue weighted by molar-refractivity contribution is 7.80. The van der Waals surface area contributed by atoms with Gasteiger partial charge in [0.2, 0.25) is 0 Å². The Morgan fingerprint density at radius 1 is 1.47 bits per heavy atom. The number of amides is 1. The van der Waals surface area contributed by atoms with Crippen molar-refractivity contribution in [3.05, 3.63) is 21.9 Å². The smallest absolute Gasteiger partial charge is 0.261 e. The van der Waals surface area contributed by atoms with E-state index in [-0.39, 0.29) is 5.91 Å². The van der Waals surface area contributed by atoms with Gasteiger partial charge in [0.15, 0.2) is 0 Å². The van der Waals surface area contributed by atoms with Gasteiger partial charge in [-0.2, -0.15) is 0 Å². The number of carbonyl (C=O) groups excluding carboxylic acids is 1. The number of nitrogens with one attached hydrogen (secondary N) is 1. The van der Waals surface area contributed by atoms with E-state index in [2.05, 4.69) is 12.2 Å². The maximum atomic E-state index is 11.7. The number of nitrogens with two attached hydrogens (primary N) is 1. The van der Waals surface area contributed by atoms with E-state index in [9.17, 15) is 4.79 Å². The second-order valence-corrected chi connectivity index (χ2v) is 5.49. The maximum absolute atomic E-state index is 11.7. The van der Waals surface area contributed by atoms with Crippen LogP contribution in [-0.4, -0.2) is 17.4 Å². The van der Waals surface area contributed by atoms with Crippen LogP contribution in [0.5, 0.6) is 0 Å². The molecule has 17 heavy (non-hydrogen) atoms. The molecule has 0 saturated carbocycles. The van der Waals surface area contributed by atoms with E-state index in [0.29, 0.717) is 11.5 Å². The van der Waals surface area contributed by atoms with Crippen LogP contribution in [0.15, 0.2) is 12.1 Å². The highest BCUT2D eigenvalue weighted by atomic mass is 32.1. The lowest BCUT2D eigenvalue weighted by Crippen LogP contribution is -2.23. The molecule has 0 bridgehead atoms. The SMILES string of the molecule is CCc1ccc(C(=O)NCCCCC(N)=S)s1. The molecule has 1 rings (SSSR count). The molecule has 0 spiro atoms. The predicted molar refractivity (Wildman–Crippen MR) is 76.7 cm³/mol. The van der Waals surface area contributed by atoms with E-state index in [1.54, 1.807) is 11.3 Å². The van der Waals surface area contributed by atoms with Crippen molar-refractivity contribution in [2.45, 2.75) is 32.6 Å². The largest absolute Gasteiger partial charge is 0.393 e. The maximum Gasteiger partial charge on any atom is 0.261 e. The van der Waals surface area contributed by atoms with Crippen molar-refractivity contribution in [2.75, 3.05) is 6.54 Å². The molecule has 3 nitrogen and oxygen atoms in total. The third-order valence-electron chi connectivity index (χ3n) is 2.37. The minimum Gasteiger partial charge on any atom is -0.393 e. The molecule has 1 aromatic rings. The Balaban J connectivity index is 2.23. The molecule has 1 amide bonds. The molecule has 1 aromatic heterocycles. The van der Waals surface area contributed by atoms with Crippen molar-refractivity contribution < 1.29 is 4.79 Å². The summed E-state index contributed by atoms with van der Waals surface area (Å²) < 4.78 is 0. The second-order valence-electron chi connectivity index (χ2n) is 3.80. The first-order chi connectivity index (χ1) is 8.13. The zero-order valence-electron chi connectivity index (χ0n) is 9.99. The Kier molecular flexibility index (Phi) is 6.15. The third kappa shape index (κ3) is 5.28. The standard InChI is InChI=1S/C12H18N2OS2/c1-2-9-6-7-10(17-9)12(15)14-8-4-3-5-11(13)16/h6-7H,2-5,8H2,1H3,(H2,13,16)(H,14,15). The van der Waals surface area contributed by atoms with Gasteiger partial charge < -0.3 is 11.1 Å². The van der Waals surface area contributed by atoms with Crippen LogP contribution in [0.4, 0.5) is 0 Å². The molecule has 0 saturated heterocycles. The van der Waals surface area contributed by atoms with Crippen molar-refractivity contribution in [1.82, 2.24) is 5.32 Å². The van der Waals surface area contributed by atoms with E-state index < -0.39 is 0 Å². The molecular formula is C12H18N2OS2. The highest BCUT2D eigenvalue weighted by Crippen LogP contribution is 2.16. The summed E-state index contributed by atoms with van der Waals surface area (Å²) in [6.45, 7) is 2.77. The van der Waals surface area contributed by atoms with Gasteiger partial charge in [0.25, 0.3) is 5.91 Å². The van der Waals surface area contributed by atoms with Crippen LogP contribution in [0.2, 0.25) is 0 Å². The molecule has 0 aromatic carbocycles. The molecule has 5 heteroatoms. The van der Waals surface area contributed by atoms with E-state index in [0.717, 1.165) is 30.6 Å². The number of thiophene rings is 1. The minimum atomic E-state index is 0.0185. The fourth-order valence-corrected chi connectivity index (χ4v) is 2.41. The lowest BCUT2D eigenvalue weighted by Gasteiger charge is -2.03. The van der Waals surface area contributed by atoms with Gasteiger partial charge in [-0.05, 0) is 37.8 Å². The van der Waals surface area contributed by atoms with Crippen molar-refractivity contribution in [2.24, 2.45) is 5.73 Å². The zero-order chi connectivity index (χ0) is 12.7. The number of aryl methyl sites for hydroxylation is 1. The normalized spacial score (nSPS) is 10.2. The summed E-state index contributed by atoms with van der Waals surface area (Å²) in [5.41, 5.74) is 5.39. The van der Waals surface area contributed by atoms with E-state index in [1.807, 2.05) is 12.1 Å². The van der Waals surface area contributed by atoms with Crippen molar-refractivity contribution in [3.63, 3.8) is 0 Å². The van der Waals surface area contributed by atoms with E-state index in [4.69, 9.17) is 18.0 Å². The fraction of sp³-hybridized carbons (Fsp3) is 0.500. The van der Waals surface area contributed by atoms with Gasteiger partial charge in [-0.25, -0.2) is 0 Å². The first kappa shape index (κ1) is 14.1. The molecule has 3 N–H and O–H groups in total. The summed E-state index contributed by atoms with van der Waals surface area (Å²) in [7, 11) is 0. The van der Waals surface area contributed by atoms with E-state index in [1.165, 1.54) is 4.88 Å². The van der Waals surface area contributed by atoms with Crippen LogP contribution in [0.3, 0.4) is 0 Å². The molecule has 0 radical (unpaired) electrons. The first-order valence-electron chi connectivity index (χ1n) is 5.78. The van der Waals surface area contributed by atoms with Crippen LogP contribution in [0.25, 0.3) is 0 Å². The molecule has 0 aliphatic rings. The molecule has 94 valence electrons. The van der Waals surface area contributed by atoms with Crippen molar-refractivity contribution in [1.29, 1.82) is 0 Å². The van der Waals surface area contributed by atoms with Crippen LogP contribution < -0.4 is 11.1 Å². The Labute approximate surface area is 111 Å². The number of thiocarbonyl (C=S) groups is 1. The monoisotopic (exact) mass is 270 g/mol. The number of hydrogen-bond donors (Lipinski definition) is 2. The predicted octanol–water partition coefficient (Wildman–Crippen LogP) is 2.50. The summed E-state index contributed by atoms with van der Waals surface area (Å²) in [6, 6.07) is 3.89. The Morgan fingerprint density at radius 3 is 2.82 bits per heavy atom. The molecule has 0 aliphatic carbocycles. The minimum absolute atomic E-state index is 0.0185. The third-order valence-corrected chi connectivity index (χ3v) is 3.80. The van der Waals surface area contributed by atoms with Crippen molar-refractivity contribution in [3.8, 4) is 0 Å². The summed E-state index contributed by atoms with van der Waals surface area (Å²) in [5.74, 6) is 0.0185. The Hall–Kier alpha value is -0.940. The number of rotatable bonds is 7. The summed E-state index contributed by atoms with van der Waals surface area (Å²) in [4.78, 5) is 14.3. The Morgan fingerprint density at radius 2 is 2.24 bits per heavy atom. The van der Waals surface area contributed by atoms with Gasteiger partial charge in [0, 0.05) is 11.4 Å². The molecular weight excluding hydrogens is 252 g/mol. The summed E-state index contributed by atoms with van der Waals surface area (Å²) >= 11 is 6.34. The fourth-order valence-electron chi connectivity index (χ4n) is 1.40. The zero-order valence-corrected chi connectivity index (χ0v) is 11.6.